The van der Waals surface area contributed by atoms with E-state index in [-0.39, 0.29) is 0 Å². The molecule has 0 saturated heterocycles. The lowest BCUT2D eigenvalue weighted by molar-refractivity contribution is 0.0630. The standard InChI is InChI=1S/C17H34S2/c1-5-13-8-14(11-18)15(12-19)9-16(6-2)17(4,7-3)10-13/h13-16,18-19H,5-12H2,1-4H3. The van der Waals surface area contributed by atoms with Gasteiger partial charge in [0.1, 0.15) is 0 Å². The fourth-order valence-corrected chi connectivity index (χ4v) is 5.12. The first-order valence-corrected chi connectivity index (χ1v) is 9.52. The summed E-state index contributed by atoms with van der Waals surface area (Å²) in [6.07, 6.45) is 8.14. The Balaban J connectivity index is 2.98. The van der Waals surface area contributed by atoms with Crippen LogP contribution in [-0.4, -0.2) is 11.5 Å². The van der Waals surface area contributed by atoms with Crippen molar-refractivity contribution in [2.45, 2.75) is 66.2 Å². The summed E-state index contributed by atoms with van der Waals surface area (Å²) in [7, 11) is 0. The predicted octanol–water partition coefficient (Wildman–Crippen LogP) is 5.73. The summed E-state index contributed by atoms with van der Waals surface area (Å²) in [5, 5.41) is 0. The quantitative estimate of drug-likeness (QED) is 0.595. The molecule has 0 aromatic carbocycles. The molecular weight excluding hydrogens is 268 g/mol. The molecule has 0 amide bonds. The van der Waals surface area contributed by atoms with E-state index in [0.29, 0.717) is 5.41 Å². The maximum Gasteiger partial charge on any atom is -0.00665 e. The van der Waals surface area contributed by atoms with E-state index in [4.69, 9.17) is 0 Å². The average Bonchev–Trinajstić information content (AvgIpc) is 2.43. The molecule has 1 saturated carbocycles. The second-order valence-corrected chi connectivity index (χ2v) is 7.68. The molecule has 0 heterocycles. The third kappa shape index (κ3) is 4.33. The van der Waals surface area contributed by atoms with Gasteiger partial charge in [0.15, 0.2) is 0 Å². The number of rotatable bonds is 5. The van der Waals surface area contributed by atoms with Gasteiger partial charge in [0, 0.05) is 0 Å². The molecule has 1 fully saturated rings. The van der Waals surface area contributed by atoms with Crippen LogP contribution in [0.2, 0.25) is 0 Å². The Morgan fingerprint density at radius 3 is 1.95 bits per heavy atom. The summed E-state index contributed by atoms with van der Waals surface area (Å²) in [4.78, 5) is 0. The van der Waals surface area contributed by atoms with Crippen LogP contribution in [0.25, 0.3) is 0 Å². The van der Waals surface area contributed by atoms with E-state index in [1.54, 1.807) is 0 Å². The van der Waals surface area contributed by atoms with Crippen molar-refractivity contribution >= 4 is 25.3 Å². The topological polar surface area (TPSA) is 0 Å². The van der Waals surface area contributed by atoms with Crippen molar-refractivity contribution < 1.29 is 0 Å². The highest BCUT2D eigenvalue weighted by Gasteiger charge is 2.39. The summed E-state index contributed by atoms with van der Waals surface area (Å²) in [5.41, 5.74) is 0.540. The van der Waals surface area contributed by atoms with Crippen LogP contribution in [0.5, 0.6) is 0 Å². The molecule has 1 rings (SSSR count). The molecule has 0 spiro atoms. The first-order valence-electron chi connectivity index (χ1n) is 8.26. The summed E-state index contributed by atoms with van der Waals surface area (Å²) in [5.74, 6) is 5.39. The zero-order chi connectivity index (χ0) is 14.5. The Morgan fingerprint density at radius 2 is 1.53 bits per heavy atom. The highest BCUT2D eigenvalue weighted by molar-refractivity contribution is 7.80. The van der Waals surface area contributed by atoms with Crippen LogP contribution >= 0.6 is 25.3 Å². The molecule has 5 atom stereocenters. The average molecular weight is 303 g/mol. The fraction of sp³-hybridized carbons (Fsp3) is 1.00. The van der Waals surface area contributed by atoms with Gasteiger partial charge in [-0.2, -0.15) is 25.3 Å². The van der Waals surface area contributed by atoms with Crippen LogP contribution in [0, 0.1) is 29.1 Å². The third-order valence-corrected chi connectivity index (χ3v) is 6.92. The van der Waals surface area contributed by atoms with E-state index in [9.17, 15) is 0 Å². The molecule has 0 N–H and O–H groups in total. The van der Waals surface area contributed by atoms with Crippen LogP contribution in [0.3, 0.4) is 0 Å². The van der Waals surface area contributed by atoms with Crippen LogP contribution in [0.1, 0.15) is 66.2 Å². The SMILES string of the molecule is CCC1CC(CS)C(CS)CC(CC)C(C)(CC)C1. The second-order valence-electron chi connectivity index (χ2n) is 6.95. The molecule has 0 bridgehead atoms. The lowest BCUT2D eigenvalue weighted by Gasteiger charge is -2.45. The van der Waals surface area contributed by atoms with Crippen molar-refractivity contribution in [1.82, 2.24) is 0 Å². The van der Waals surface area contributed by atoms with Gasteiger partial charge in [-0.1, -0.05) is 47.0 Å². The summed E-state index contributed by atoms with van der Waals surface area (Å²) in [6.45, 7) is 9.68. The molecule has 0 aromatic heterocycles. The molecule has 5 unspecified atom stereocenters. The lowest BCUT2D eigenvalue weighted by atomic mass is 9.61. The van der Waals surface area contributed by atoms with Crippen LogP contribution in [0.15, 0.2) is 0 Å². The van der Waals surface area contributed by atoms with Gasteiger partial charge in [-0.25, -0.2) is 0 Å². The van der Waals surface area contributed by atoms with Gasteiger partial charge in [-0.3, -0.25) is 0 Å². The van der Waals surface area contributed by atoms with Gasteiger partial charge in [-0.05, 0) is 59.9 Å². The Kier molecular flexibility index (Phi) is 7.68. The van der Waals surface area contributed by atoms with E-state index in [1.165, 1.54) is 38.5 Å². The molecule has 1 aliphatic rings. The minimum Gasteiger partial charge on any atom is -0.179 e. The van der Waals surface area contributed by atoms with E-state index >= 15 is 0 Å². The highest BCUT2D eigenvalue weighted by Crippen LogP contribution is 2.48. The normalized spacial score (nSPS) is 40.7. The molecular formula is C17H34S2. The van der Waals surface area contributed by atoms with E-state index in [1.807, 2.05) is 0 Å². The second kappa shape index (κ2) is 8.22. The lowest BCUT2D eigenvalue weighted by Crippen LogP contribution is -2.37. The van der Waals surface area contributed by atoms with Gasteiger partial charge in [0.05, 0.1) is 0 Å². The van der Waals surface area contributed by atoms with Crippen LogP contribution in [-0.2, 0) is 0 Å². The molecule has 0 aliphatic heterocycles. The van der Waals surface area contributed by atoms with Gasteiger partial charge in [0.25, 0.3) is 0 Å². The minimum atomic E-state index is 0.540. The first kappa shape index (κ1) is 17.8. The summed E-state index contributed by atoms with van der Waals surface area (Å²) in [6, 6.07) is 0. The predicted molar refractivity (Wildman–Crippen MR) is 94.5 cm³/mol. The van der Waals surface area contributed by atoms with Gasteiger partial charge >= 0.3 is 0 Å². The summed E-state index contributed by atoms with van der Waals surface area (Å²) >= 11 is 9.28. The monoisotopic (exact) mass is 302 g/mol. The zero-order valence-corrected chi connectivity index (χ0v) is 15.1. The van der Waals surface area contributed by atoms with Gasteiger partial charge in [-0.15, -0.1) is 0 Å². The molecule has 2 heteroatoms. The first-order chi connectivity index (χ1) is 9.04. The molecule has 0 radical (unpaired) electrons. The van der Waals surface area contributed by atoms with Crippen molar-refractivity contribution in [3.05, 3.63) is 0 Å². The largest absolute Gasteiger partial charge is 0.179 e. The smallest absolute Gasteiger partial charge is 0.00665 e. The number of thiol groups is 2. The molecule has 0 nitrogen and oxygen atoms in total. The summed E-state index contributed by atoms with van der Waals surface area (Å²) < 4.78 is 0. The molecule has 0 aromatic rings. The zero-order valence-electron chi connectivity index (χ0n) is 13.4. The Hall–Kier alpha value is 0.700. The van der Waals surface area contributed by atoms with E-state index in [2.05, 4.69) is 53.0 Å². The Labute approximate surface area is 132 Å². The van der Waals surface area contributed by atoms with Crippen molar-refractivity contribution in [3.8, 4) is 0 Å². The molecule has 114 valence electrons. The van der Waals surface area contributed by atoms with Crippen LogP contribution in [0.4, 0.5) is 0 Å². The third-order valence-electron chi connectivity index (χ3n) is 5.98. The van der Waals surface area contributed by atoms with Crippen molar-refractivity contribution in [2.75, 3.05) is 11.5 Å². The van der Waals surface area contributed by atoms with Crippen molar-refractivity contribution in [2.24, 2.45) is 29.1 Å². The molecule has 19 heavy (non-hydrogen) atoms. The van der Waals surface area contributed by atoms with Crippen molar-refractivity contribution in [1.29, 1.82) is 0 Å². The fourth-order valence-electron chi connectivity index (χ4n) is 4.22. The number of hydrogen-bond acceptors (Lipinski definition) is 2. The Morgan fingerprint density at radius 1 is 0.947 bits per heavy atom. The van der Waals surface area contributed by atoms with Crippen molar-refractivity contribution in [3.63, 3.8) is 0 Å². The van der Waals surface area contributed by atoms with Crippen LogP contribution < -0.4 is 0 Å². The maximum absolute atomic E-state index is 4.65. The number of hydrogen-bond donors (Lipinski definition) is 2. The van der Waals surface area contributed by atoms with Gasteiger partial charge < -0.3 is 0 Å². The maximum atomic E-state index is 4.65. The highest BCUT2D eigenvalue weighted by atomic mass is 32.1. The Bertz CT molecular complexity index is 254. The van der Waals surface area contributed by atoms with Gasteiger partial charge in [0.2, 0.25) is 0 Å². The van der Waals surface area contributed by atoms with E-state index < -0.39 is 0 Å². The van der Waals surface area contributed by atoms with E-state index in [0.717, 1.165) is 35.2 Å². The molecule has 1 aliphatic carbocycles. The minimum absolute atomic E-state index is 0.540.